The first-order valence-electron chi connectivity index (χ1n) is 11.2. The third-order valence-corrected chi connectivity index (χ3v) is 7.11. The van der Waals surface area contributed by atoms with Crippen molar-refractivity contribution in [1.29, 1.82) is 0 Å². The Bertz CT molecular complexity index is 1290. The van der Waals surface area contributed by atoms with E-state index in [0.717, 1.165) is 33.9 Å². The number of carbonyl (C=O) groups excluding carboxylic acids is 1. The van der Waals surface area contributed by atoms with Crippen molar-refractivity contribution in [2.75, 3.05) is 0 Å². The van der Waals surface area contributed by atoms with Crippen LogP contribution in [0.2, 0.25) is 0 Å². The highest BCUT2D eigenvalue weighted by Gasteiger charge is 2.25. The van der Waals surface area contributed by atoms with E-state index in [9.17, 15) is 4.79 Å². The molecule has 0 atom stereocenters. The SMILES string of the molecule is Cc1cccc(N=C2NC(=O)/C(=C/c3cc(C)n(-c4ccc(C(C)(C)C)cc4)c3C)S2)c1C. The van der Waals surface area contributed by atoms with Crippen molar-refractivity contribution >= 4 is 34.6 Å². The molecule has 1 amide bonds. The van der Waals surface area contributed by atoms with Crippen LogP contribution in [0.3, 0.4) is 0 Å². The van der Waals surface area contributed by atoms with E-state index in [0.29, 0.717) is 10.1 Å². The van der Waals surface area contributed by atoms with Crippen LogP contribution in [-0.2, 0) is 10.2 Å². The monoisotopic (exact) mass is 457 g/mol. The number of benzene rings is 2. The number of aromatic nitrogens is 1. The summed E-state index contributed by atoms with van der Waals surface area (Å²) in [7, 11) is 0. The topological polar surface area (TPSA) is 46.4 Å². The second-order valence-corrected chi connectivity index (χ2v) is 10.7. The molecule has 2 aromatic carbocycles. The maximum atomic E-state index is 12.6. The Hall–Kier alpha value is -3.05. The lowest BCUT2D eigenvalue weighted by molar-refractivity contribution is -0.115. The summed E-state index contributed by atoms with van der Waals surface area (Å²) >= 11 is 1.39. The minimum atomic E-state index is -0.108. The van der Waals surface area contributed by atoms with Gasteiger partial charge in [-0.05, 0) is 97.5 Å². The summed E-state index contributed by atoms with van der Waals surface area (Å²) in [6.45, 7) is 15.0. The molecule has 3 aromatic rings. The fourth-order valence-electron chi connectivity index (χ4n) is 4.03. The van der Waals surface area contributed by atoms with Crippen LogP contribution in [0.1, 0.15) is 54.4 Å². The number of rotatable bonds is 3. The minimum absolute atomic E-state index is 0.108. The number of amidine groups is 1. The van der Waals surface area contributed by atoms with Crippen molar-refractivity contribution in [3.63, 3.8) is 0 Å². The van der Waals surface area contributed by atoms with E-state index < -0.39 is 0 Å². The number of aliphatic imine (C=N–C) groups is 1. The molecule has 1 aromatic heterocycles. The summed E-state index contributed by atoms with van der Waals surface area (Å²) in [6.07, 6.45) is 1.97. The van der Waals surface area contributed by atoms with Gasteiger partial charge in [-0.3, -0.25) is 4.79 Å². The van der Waals surface area contributed by atoms with Crippen molar-refractivity contribution in [1.82, 2.24) is 9.88 Å². The molecule has 170 valence electrons. The summed E-state index contributed by atoms with van der Waals surface area (Å²) < 4.78 is 2.24. The van der Waals surface area contributed by atoms with E-state index in [4.69, 9.17) is 0 Å². The normalized spacial score (nSPS) is 16.6. The van der Waals surface area contributed by atoms with Crippen LogP contribution in [0, 0.1) is 27.7 Å². The number of hydrogen-bond acceptors (Lipinski definition) is 3. The molecule has 0 spiro atoms. The number of aryl methyl sites for hydroxylation is 2. The Morgan fingerprint density at radius 1 is 1.00 bits per heavy atom. The third kappa shape index (κ3) is 4.69. The number of amides is 1. The number of nitrogens with zero attached hydrogens (tertiary/aromatic N) is 2. The van der Waals surface area contributed by atoms with Crippen LogP contribution in [0.25, 0.3) is 11.8 Å². The number of thioether (sulfide) groups is 1. The molecule has 1 aliphatic heterocycles. The predicted molar refractivity (Wildman–Crippen MR) is 141 cm³/mol. The molecule has 1 fully saturated rings. The molecule has 0 radical (unpaired) electrons. The van der Waals surface area contributed by atoms with Gasteiger partial charge in [-0.25, -0.2) is 4.99 Å². The summed E-state index contributed by atoms with van der Waals surface area (Å²) in [6, 6.07) is 16.9. The molecule has 0 aliphatic carbocycles. The molecule has 1 saturated heterocycles. The predicted octanol–water partition coefficient (Wildman–Crippen LogP) is 6.90. The van der Waals surface area contributed by atoms with Crippen molar-refractivity contribution in [2.45, 2.75) is 53.9 Å². The van der Waals surface area contributed by atoms with E-state index in [1.165, 1.54) is 22.9 Å². The zero-order valence-corrected chi connectivity index (χ0v) is 21.2. The molecule has 2 heterocycles. The van der Waals surface area contributed by atoms with Gasteiger partial charge < -0.3 is 9.88 Å². The first kappa shape index (κ1) is 23.1. The van der Waals surface area contributed by atoms with Crippen LogP contribution in [0.5, 0.6) is 0 Å². The fraction of sp³-hybridized carbons (Fsp3) is 0.286. The summed E-state index contributed by atoms with van der Waals surface area (Å²) in [5.74, 6) is -0.108. The van der Waals surface area contributed by atoms with Gasteiger partial charge in [-0.15, -0.1) is 0 Å². The Labute approximate surface area is 200 Å². The van der Waals surface area contributed by atoms with Crippen LogP contribution >= 0.6 is 11.8 Å². The van der Waals surface area contributed by atoms with Gasteiger partial charge in [-0.2, -0.15) is 0 Å². The van der Waals surface area contributed by atoms with Gasteiger partial charge in [0.15, 0.2) is 5.17 Å². The Kier molecular flexibility index (Phi) is 6.10. The average molecular weight is 458 g/mol. The molecule has 5 heteroatoms. The number of hydrogen-bond donors (Lipinski definition) is 1. The average Bonchev–Trinajstić information content (AvgIpc) is 3.23. The quantitative estimate of drug-likeness (QED) is 0.435. The van der Waals surface area contributed by atoms with Crippen molar-refractivity contribution < 1.29 is 4.79 Å². The van der Waals surface area contributed by atoms with Gasteiger partial charge >= 0.3 is 0 Å². The third-order valence-electron chi connectivity index (χ3n) is 6.20. The van der Waals surface area contributed by atoms with Gasteiger partial charge in [0.25, 0.3) is 5.91 Å². The smallest absolute Gasteiger partial charge is 0.264 e. The summed E-state index contributed by atoms with van der Waals surface area (Å²) in [5.41, 5.74) is 9.04. The molecule has 1 N–H and O–H groups in total. The van der Waals surface area contributed by atoms with Crippen LogP contribution < -0.4 is 5.32 Å². The minimum Gasteiger partial charge on any atom is -0.318 e. The lowest BCUT2D eigenvalue weighted by Crippen LogP contribution is -2.19. The lowest BCUT2D eigenvalue weighted by Gasteiger charge is -2.20. The van der Waals surface area contributed by atoms with Gasteiger partial charge in [-0.1, -0.05) is 45.0 Å². The molecular weight excluding hydrogens is 426 g/mol. The Balaban J connectivity index is 1.63. The highest BCUT2D eigenvalue weighted by Crippen LogP contribution is 2.32. The van der Waals surface area contributed by atoms with E-state index >= 15 is 0 Å². The standard InChI is InChI=1S/C28H31N3OS/c1-17-9-8-10-24(19(17)3)29-27-30-26(32)25(33-27)16-21-15-18(2)31(20(21)4)23-13-11-22(12-14-23)28(5,6)7/h8-16H,1-7H3,(H,29,30,32)/b25-16-. The van der Waals surface area contributed by atoms with Crippen molar-refractivity contribution in [3.8, 4) is 5.69 Å². The zero-order valence-electron chi connectivity index (χ0n) is 20.4. The molecular formula is C28H31N3OS. The first-order valence-corrected chi connectivity index (χ1v) is 12.0. The summed E-state index contributed by atoms with van der Waals surface area (Å²) in [5, 5.41) is 3.53. The first-order chi connectivity index (χ1) is 15.5. The van der Waals surface area contributed by atoms with Crippen LogP contribution in [0.15, 0.2) is 58.4 Å². The second kappa shape index (κ2) is 8.71. The molecule has 0 unspecified atom stereocenters. The maximum absolute atomic E-state index is 12.6. The highest BCUT2D eigenvalue weighted by atomic mass is 32.2. The van der Waals surface area contributed by atoms with Crippen molar-refractivity contribution in [2.24, 2.45) is 4.99 Å². The van der Waals surface area contributed by atoms with Crippen molar-refractivity contribution in [3.05, 3.63) is 87.1 Å². The largest absolute Gasteiger partial charge is 0.318 e. The van der Waals surface area contributed by atoms with Gasteiger partial charge in [0.05, 0.1) is 10.6 Å². The fourth-order valence-corrected chi connectivity index (χ4v) is 4.86. The Morgan fingerprint density at radius 2 is 1.70 bits per heavy atom. The van der Waals surface area contributed by atoms with Crippen LogP contribution in [-0.4, -0.2) is 15.6 Å². The zero-order chi connectivity index (χ0) is 23.9. The molecule has 4 nitrogen and oxygen atoms in total. The molecule has 33 heavy (non-hydrogen) atoms. The van der Waals surface area contributed by atoms with Gasteiger partial charge in [0.1, 0.15) is 0 Å². The Morgan fingerprint density at radius 3 is 2.36 bits per heavy atom. The maximum Gasteiger partial charge on any atom is 0.264 e. The second-order valence-electron chi connectivity index (χ2n) is 9.66. The summed E-state index contributed by atoms with van der Waals surface area (Å²) in [4.78, 5) is 18.0. The lowest BCUT2D eigenvalue weighted by atomic mass is 9.87. The van der Waals surface area contributed by atoms with E-state index in [2.05, 4.69) is 99.7 Å². The van der Waals surface area contributed by atoms with E-state index in [1.54, 1.807) is 0 Å². The van der Waals surface area contributed by atoms with Crippen LogP contribution in [0.4, 0.5) is 5.69 Å². The number of nitrogens with one attached hydrogen (secondary N) is 1. The molecule has 0 saturated carbocycles. The van der Waals surface area contributed by atoms with Gasteiger partial charge in [0.2, 0.25) is 0 Å². The molecule has 4 rings (SSSR count). The number of carbonyl (C=O) groups is 1. The van der Waals surface area contributed by atoms with E-state index in [1.807, 2.05) is 18.2 Å². The molecule has 0 bridgehead atoms. The van der Waals surface area contributed by atoms with E-state index in [-0.39, 0.29) is 11.3 Å². The highest BCUT2D eigenvalue weighted by molar-refractivity contribution is 8.18. The van der Waals surface area contributed by atoms with Gasteiger partial charge in [0, 0.05) is 17.1 Å². The molecule has 1 aliphatic rings.